The summed E-state index contributed by atoms with van der Waals surface area (Å²) in [5.74, 6) is 1.88. The highest BCUT2D eigenvalue weighted by Crippen LogP contribution is 2.06. The molecule has 1 aromatic heterocycles. The molecule has 0 aliphatic rings. The molecule has 0 bridgehead atoms. The van der Waals surface area contributed by atoms with Crippen molar-refractivity contribution >= 4 is 5.82 Å². The van der Waals surface area contributed by atoms with Gasteiger partial charge in [0.25, 0.3) is 0 Å². The van der Waals surface area contributed by atoms with Crippen LogP contribution in [0.5, 0.6) is 0 Å². The average Bonchev–Trinajstić information content (AvgIpc) is 2.30. The molecule has 0 aliphatic heterocycles. The summed E-state index contributed by atoms with van der Waals surface area (Å²) in [5.41, 5.74) is 1.03. The Kier molecular flexibility index (Phi) is 5.91. The van der Waals surface area contributed by atoms with Crippen LogP contribution in [0, 0.1) is 6.92 Å². The maximum absolute atomic E-state index is 4.51. The van der Waals surface area contributed by atoms with Crippen molar-refractivity contribution in [3.63, 3.8) is 0 Å². The van der Waals surface area contributed by atoms with Crippen LogP contribution in [0.3, 0.4) is 0 Å². The van der Waals surface area contributed by atoms with Crippen LogP contribution in [0.25, 0.3) is 0 Å². The highest BCUT2D eigenvalue weighted by Gasteiger charge is 2.04. The number of hydrogen-bond acceptors (Lipinski definition) is 4. The predicted octanol–water partition coefficient (Wildman–Crippen LogP) is 2.10. The number of aryl methyl sites for hydroxylation is 1. The zero-order valence-electron chi connectivity index (χ0n) is 11.5. The van der Waals surface area contributed by atoms with Crippen LogP contribution in [-0.4, -0.2) is 41.0 Å². The first-order valence-electron chi connectivity index (χ1n) is 6.50. The molecule has 0 fully saturated rings. The van der Waals surface area contributed by atoms with E-state index >= 15 is 0 Å². The smallest absolute Gasteiger partial charge is 0.132 e. The third-order valence-electron chi connectivity index (χ3n) is 2.80. The molecule has 0 aliphatic carbocycles. The number of anilines is 1. The van der Waals surface area contributed by atoms with Crippen LogP contribution < -0.4 is 5.32 Å². The minimum absolute atomic E-state index is 0.895. The van der Waals surface area contributed by atoms with Crippen molar-refractivity contribution in [2.75, 3.05) is 31.5 Å². The quantitative estimate of drug-likeness (QED) is 0.787. The van der Waals surface area contributed by atoms with E-state index in [4.69, 9.17) is 0 Å². The van der Waals surface area contributed by atoms with E-state index in [2.05, 4.69) is 41.0 Å². The molecule has 0 saturated heterocycles. The molecule has 0 atom stereocenters. The van der Waals surface area contributed by atoms with Gasteiger partial charge in [-0.2, -0.15) is 0 Å². The number of hydrogen-bond donors (Lipinski definition) is 1. The van der Waals surface area contributed by atoms with Gasteiger partial charge in [0.1, 0.15) is 11.6 Å². The van der Waals surface area contributed by atoms with Gasteiger partial charge in [-0.05, 0) is 26.9 Å². The fourth-order valence-corrected chi connectivity index (χ4v) is 1.81. The maximum Gasteiger partial charge on any atom is 0.132 e. The van der Waals surface area contributed by atoms with E-state index in [1.54, 1.807) is 0 Å². The van der Waals surface area contributed by atoms with Crippen molar-refractivity contribution in [1.29, 1.82) is 0 Å². The minimum atomic E-state index is 0.895. The molecule has 0 aromatic carbocycles. The van der Waals surface area contributed by atoms with Crippen LogP contribution in [0.2, 0.25) is 0 Å². The molecule has 4 nitrogen and oxygen atoms in total. The van der Waals surface area contributed by atoms with E-state index in [0.717, 1.165) is 49.9 Å². The zero-order valence-corrected chi connectivity index (χ0v) is 11.5. The van der Waals surface area contributed by atoms with Crippen molar-refractivity contribution in [1.82, 2.24) is 14.9 Å². The highest BCUT2D eigenvalue weighted by atomic mass is 15.1. The summed E-state index contributed by atoms with van der Waals surface area (Å²) in [6.07, 6.45) is 0.918. The van der Waals surface area contributed by atoms with Gasteiger partial charge in [-0.25, -0.2) is 9.97 Å². The molecular weight excluding hydrogens is 212 g/mol. The highest BCUT2D eigenvalue weighted by molar-refractivity contribution is 5.35. The molecule has 0 spiro atoms. The minimum Gasteiger partial charge on any atom is -0.370 e. The van der Waals surface area contributed by atoms with Gasteiger partial charge >= 0.3 is 0 Å². The molecule has 0 radical (unpaired) electrons. The number of rotatable bonds is 7. The van der Waals surface area contributed by atoms with E-state index in [9.17, 15) is 0 Å². The molecule has 96 valence electrons. The lowest BCUT2D eigenvalue weighted by atomic mass is 10.3. The maximum atomic E-state index is 4.51. The molecule has 17 heavy (non-hydrogen) atoms. The Labute approximate surface area is 104 Å². The zero-order chi connectivity index (χ0) is 12.7. The second-order valence-corrected chi connectivity index (χ2v) is 4.12. The first kappa shape index (κ1) is 13.9. The van der Waals surface area contributed by atoms with E-state index < -0.39 is 0 Å². The molecule has 1 aromatic rings. The van der Waals surface area contributed by atoms with Gasteiger partial charge in [0.05, 0.1) is 0 Å². The summed E-state index contributed by atoms with van der Waals surface area (Å²) in [7, 11) is 0. The van der Waals surface area contributed by atoms with Gasteiger partial charge in [0.2, 0.25) is 0 Å². The number of aromatic nitrogens is 2. The van der Waals surface area contributed by atoms with Gasteiger partial charge in [-0.15, -0.1) is 0 Å². The lowest BCUT2D eigenvalue weighted by molar-refractivity contribution is 0.305. The summed E-state index contributed by atoms with van der Waals surface area (Å²) in [6, 6.07) is 1.99. The van der Waals surface area contributed by atoms with Crippen LogP contribution in [0.1, 0.15) is 32.3 Å². The lowest BCUT2D eigenvalue weighted by Crippen LogP contribution is -2.26. The average molecular weight is 236 g/mol. The molecule has 0 saturated carbocycles. The molecule has 4 heteroatoms. The summed E-state index contributed by atoms with van der Waals surface area (Å²) < 4.78 is 0. The normalized spacial score (nSPS) is 10.9. The standard InChI is InChI=1S/C13H24N4/c1-5-14-13-10-11(4)15-12(16-13)8-9-17(6-2)7-3/h10H,5-9H2,1-4H3,(H,14,15,16). The van der Waals surface area contributed by atoms with Gasteiger partial charge in [0, 0.05) is 31.3 Å². The molecule has 0 unspecified atom stereocenters. The predicted molar refractivity (Wildman–Crippen MR) is 72.4 cm³/mol. The van der Waals surface area contributed by atoms with Crippen molar-refractivity contribution in [3.8, 4) is 0 Å². The largest absolute Gasteiger partial charge is 0.370 e. The Morgan fingerprint density at radius 2 is 1.88 bits per heavy atom. The fourth-order valence-electron chi connectivity index (χ4n) is 1.81. The van der Waals surface area contributed by atoms with Crippen molar-refractivity contribution in [3.05, 3.63) is 17.6 Å². The third-order valence-corrected chi connectivity index (χ3v) is 2.80. The van der Waals surface area contributed by atoms with Crippen molar-refractivity contribution in [2.24, 2.45) is 0 Å². The summed E-state index contributed by atoms with van der Waals surface area (Å²) in [4.78, 5) is 11.4. The van der Waals surface area contributed by atoms with Gasteiger partial charge in [0.15, 0.2) is 0 Å². The second kappa shape index (κ2) is 7.22. The Balaban J connectivity index is 2.63. The van der Waals surface area contributed by atoms with Crippen LogP contribution >= 0.6 is 0 Å². The number of nitrogens with one attached hydrogen (secondary N) is 1. The van der Waals surface area contributed by atoms with Gasteiger partial charge in [-0.3, -0.25) is 0 Å². The molecule has 1 rings (SSSR count). The van der Waals surface area contributed by atoms with E-state index in [0.29, 0.717) is 0 Å². The SMILES string of the molecule is CCNc1cc(C)nc(CCN(CC)CC)n1. The summed E-state index contributed by atoms with van der Waals surface area (Å²) >= 11 is 0. The Hall–Kier alpha value is -1.16. The molecule has 1 heterocycles. The second-order valence-electron chi connectivity index (χ2n) is 4.12. The first-order chi connectivity index (χ1) is 8.19. The lowest BCUT2D eigenvalue weighted by Gasteiger charge is -2.17. The summed E-state index contributed by atoms with van der Waals surface area (Å²) in [6.45, 7) is 12.6. The van der Waals surface area contributed by atoms with Gasteiger partial charge < -0.3 is 10.2 Å². The Morgan fingerprint density at radius 3 is 2.47 bits per heavy atom. The molecule has 0 amide bonds. The third kappa shape index (κ3) is 4.69. The molecular formula is C13H24N4. The van der Waals surface area contributed by atoms with E-state index in [-0.39, 0.29) is 0 Å². The van der Waals surface area contributed by atoms with Crippen molar-refractivity contribution in [2.45, 2.75) is 34.1 Å². The number of likely N-dealkylation sites (N-methyl/N-ethyl adjacent to an activating group) is 1. The Bertz CT molecular complexity index is 334. The summed E-state index contributed by atoms with van der Waals surface area (Å²) in [5, 5.41) is 3.24. The molecule has 1 N–H and O–H groups in total. The van der Waals surface area contributed by atoms with Gasteiger partial charge in [-0.1, -0.05) is 13.8 Å². The van der Waals surface area contributed by atoms with Crippen LogP contribution in [0.4, 0.5) is 5.82 Å². The van der Waals surface area contributed by atoms with Crippen LogP contribution in [0.15, 0.2) is 6.07 Å². The van der Waals surface area contributed by atoms with Crippen LogP contribution in [-0.2, 0) is 6.42 Å². The van der Waals surface area contributed by atoms with E-state index in [1.165, 1.54) is 0 Å². The Morgan fingerprint density at radius 1 is 1.18 bits per heavy atom. The van der Waals surface area contributed by atoms with Crippen molar-refractivity contribution < 1.29 is 0 Å². The number of nitrogens with zero attached hydrogens (tertiary/aromatic N) is 3. The fraction of sp³-hybridized carbons (Fsp3) is 0.692. The topological polar surface area (TPSA) is 41.1 Å². The monoisotopic (exact) mass is 236 g/mol. The first-order valence-corrected chi connectivity index (χ1v) is 6.50. The van der Waals surface area contributed by atoms with E-state index in [1.807, 2.05) is 13.0 Å².